The molecule has 88 valence electrons. The highest BCUT2D eigenvalue weighted by Gasteiger charge is 2.32. The third kappa shape index (κ3) is 2.33. The summed E-state index contributed by atoms with van der Waals surface area (Å²) in [4.78, 5) is 8.92. The Morgan fingerprint density at radius 2 is 2.00 bits per heavy atom. The zero-order valence-electron chi connectivity index (χ0n) is 9.55. The smallest absolute Gasteiger partial charge is 0.161 e. The summed E-state index contributed by atoms with van der Waals surface area (Å²) in [5.41, 5.74) is 0.596. The molecule has 16 heavy (non-hydrogen) atoms. The number of rotatable bonds is 3. The molecule has 1 aromatic rings. The third-order valence-electron chi connectivity index (χ3n) is 2.85. The van der Waals surface area contributed by atoms with E-state index in [1.54, 1.807) is 7.11 Å². The Morgan fingerprint density at radius 3 is 2.50 bits per heavy atom. The molecule has 1 aliphatic carbocycles. The van der Waals surface area contributed by atoms with Crippen LogP contribution in [0, 0.1) is 3.57 Å². The Balaban J connectivity index is 2.48. The van der Waals surface area contributed by atoms with Crippen LogP contribution < -0.4 is 0 Å². The van der Waals surface area contributed by atoms with Crippen molar-refractivity contribution in [2.45, 2.75) is 38.2 Å². The number of nitrogens with zero attached hydrogens (tertiary/aromatic N) is 2. The van der Waals surface area contributed by atoms with Gasteiger partial charge in [-0.3, -0.25) is 0 Å². The number of hydrogen-bond donors (Lipinski definition) is 0. The van der Waals surface area contributed by atoms with Crippen molar-refractivity contribution in [2.75, 3.05) is 7.11 Å². The number of ether oxygens (including phenoxy) is 1. The van der Waals surface area contributed by atoms with Crippen LogP contribution in [0.1, 0.15) is 44.1 Å². The molecular formula is C11H14ClIN2O. The maximum atomic E-state index is 6.14. The van der Waals surface area contributed by atoms with Gasteiger partial charge in [-0.15, -0.1) is 0 Å². The van der Waals surface area contributed by atoms with E-state index in [2.05, 4.69) is 32.6 Å². The number of aromatic nitrogens is 2. The molecular weight excluding hydrogens is 338 g/mol. The minimum absolute atomic E-state index is 0.488. The first-order valence-electron chi connectivity index (χ1n) is 5.24. The largest absolute Gasteiger partial charge is 0.371 e. The van der Waals surface area contributed by atoms with Gasteiger partial charge in [0.1, 0.15) is 10.8 Å². The highest BCUT2D eigenvalue weighted by Crippen LogP contribution is 2.42. The van der Waals surface area contributed by atoms with Crippen molar-refractivity contribution in [3.8, 4) is 0 Å². The SMILES string of the molecule is COC(C)(C)c1nc(Cl)c(I)c(C2CC2)n1. The zero-order chi connectivity index (χ0) is 11.9. The molecule has 0 spiro atoms. The Kier molecular flexibility index (Phi) is 3.43. The molecule has 1 fully saturated rings. The fourth-order valence-corrected chi connectivity index (χ4v) is 2.28. The van der Waals surface area contributed by atoms with Gasteiger partial charge < -0.3 is 4.74 Å². The predicted octanol–water partition coefficient (Wildman–Crippen LogP) is 3.49. The van der Waals surface area contributed by atoms with E-state index in [4.69, 9.17) is 16.3 Å². The normalized spacial score (nSPS) is 16.6. The van der Waals surface area contributed by atoms with Gasteiger partial charge in [-0.25, -0.2) is 9.97 Å². The zero-order valence-corrected chi connectivity index (χ0v) is 12.5. The highest BCUT2D eigenvalue weighted by atomic mass is 127. The summed E-state index contributed by atoms with van der Waals surface area (Å²) in [5.74, 6) is 1.24. The van der Waals surface area contributed by atoms with E-state index in [0.717, 1.165) is 9.26 Å². The van der Waals surface area contributed by atoms with Crippen molar-refractivity contribution >= 4 is 34.2 Å². The molecule has 0 bridgehead atoms. The summed E-state index contributed by atoms with van der Waals surface area (Å²) < 4.78 is 6.37. The quantitative estimate of drug-likeness (QED) is 0.617. The second-order valence-electron chi connectivity index (χ2n) is 4.53. The van der Waals surface area contributed by atoms with Crippen LogP contribution in [-0.2, 0) is 10.3 Å². The predicted molar refractivity (Wildman–Crippen MR) is 71.8 cm³/mol. The molecule has 0 N–H and O–H groups in total. The van der Waals surface area contributed by atoms with E-state index in [1.165, 1.54) is 12.8 Å². The standard InChI is InChI=1S/C11H14ClIN2O/c1-11(2,16-3)10-14-8(6-4-5-6)7(13)9(12)15-10/h6H,4-5H2,1-3H3. The molecule has 0 saturated heterocycles. The maximum absolute atomic E-state index is 6.14. The molecule has 0 atom stereocenters. The molecule has 1 aliphatic rings. The van der Waals surface area contributed by atoms with Crippen LogP contribution in [0.4, 0.5) is 0 Å². The summed E-state index contributed by atoms with van der Waals surface area (Å²) >= 11 is 8.36. The van der Waals surface area contributed by atoms with Crippen molar-refractivity contribution in [1.82, 2.24) is 9.97 Å². The lowest BCUT2D eigenvalue weighted by molar-refractivity contribution is 0.0112. The molecule has 3 nitrogen and oxygen atoms in total. The summed E-state index contributed by atoms with van der Waals surface area (Å²) in [6.45, 7) is 3.89. The van der Waals surface area contributed by atoms with Crippen LogP contribution in [-0.4, -0.2) is 17.1 Å². The van der Waals surface area contributed by atoms with E-state index < -0.39 is 5.60 Å². The molecule has 5 heteroatoms. The average Bonchev–Trinajstić information content (AvgIpc) is 3.05. The number of halogens is 2. The first kappa shape index (κ1) is 12.5. The molecule has 1 saturated carbocycles. The van der Waals surface area contributed by atoms with Gasteiger partial charge >= 0.3 is 0 Å². The van der Waals surface area contributed by atoms with Gasteiger partial charge in [0, 0.05) is 13.0 Å². The first-order valence-corrected chi connectivity index (χ1v) is 6.70. The monoisotopic (exact) mass is 352 g/mol. The van der Waals surface area contributed by atoms with Crippen molar-refractivity contribution in [1.29, 1.82) is 0 Å². The van der Waals surface area contributed by atoms with Gasteiger partial charge in [0.05, 0.1) is 9.26 Å². The lowest BCUT2D eigenvalue weighted by atomic mass is 10.1. The average molecular weight is 353 g/mol. The first-order chi connectivity index (χ1) is 7.45. The summed E-state index contributed by atoms with van der Waals surface area (Å²) in [5, 5.41) is 0.539. The van der Waals surface area contributed by atoms with Crippen molar-refractivity contribution < 1.29 is 4.74 Å². The Morgan fingerprint density at radius 1 is 1.38 bits per heavy atom. The minimum atomic E-state index is -0.488. The van der Waals surface area contributed by atoms with E-state index in [-0.39, 0.29) is 0 Å². The van der Waals surface area contributed by atoms with Crippen molar-refractivity contribution in [3.63, 3.8) is 0 Å². The van der Waals surface area contributed by atoms with Crippen LogP contribution in [0.2, 0.25) is 5.15 Å². The summed E-state index contributed by atoms with van der Waals surface area (Å²) in [7, 11) is 1.66. The molecule has 0 amide bonds. The van der Waals surface area contributed by atoms with Crippen LogP contribution in [0.15, 0.2) is 0 Å². The van der Waals surface area contributed by atoms with Gasteiger partial charge in [-0.1, -0.05) is 11.6 Å². The lowest BCUT2D eigenvalue weighted by Gasteiger charge is -2.22. The van der Waals surface area contributed by atoms with Gasteiger partial charge in [0.25, 0.3) is 0 Å². The van der Waals surface area contributed by atoms with Crippen molar-refractivity contribution in [2.24, 2.45) is 0 Å². The van der Waals surface area contributed by atoms with E-state index >= 15 is 0 Å². The maximum Gasteiger partial charge on any atom is 0.161 e. The summed E-state index contributed by atoms with van der Waals surface area (Å²) in [6, 6.07) is 0. The molecule has 0 radical (unpaired) electrons. The van der Waals surface area contributed by atoms with E-state index in [1.807, 2.05) is 13.8 Å². The second-order valence-corrected chi connectivity index (χ2v) is 5.96. The van der Waals surface area contributed by atoms with Crippen LogP contribution in [0.5, 0.6) is 0 Å². The molecule has 0 aromatic carbocycles. The fraction of sp³-hybridized carbons (Fsp3) is 0.636. The van der Waals surface area contributed by atoms with Crippen LogP contribution in [0.3, 0.4) is 0 Å². The molecule has 1 aromatic heterocycles. The summed E-state index contributed by atoms with van der Waals surface area (Å²) in [6.07, 6.45) is 2.41. The molecule has 1 heterocycles. The van der Waals surface area contributed by atoms with E-state index in [0.29, 0.717) is 16.9 Å². The number of hydrogen-bond acceptors (Lipinski definition) is 3. The lowest BCUT2D eigenvalue weighted by Crippen LogP contribution is -2.24. The van der Waals surface area contributed by atoms with Gasteiger partial charge in [-0.2, -0.15) is 0 Å². The Labute approximate surface area is 114 Å². The molecule has 0 aliphatic heterocycles. The molecule has 2 rings (SSSR count). The van der Waals surface area contributed by atoms with Crippen LogP contribution in [0.25, 0.3) is 0 Å². The van der Waals surface area contributed by atoms with Gasteiger partial charge in [0.2, 0.25) is 0 Å². The van der Waals surface area contributed by atoms with Gasteiger partial charge in [-0.05, 0) is 49.3 Å². The molecule has 0 unspecified atom stereocenters. The third-order valence-corrected chi connectivity index (χ3v) is 4.51. The van der Waals surface area contributed by atoms with E-state index in [9.17, 15) is 0 Å². The van der Waals surface area contributed by atoms with Gasteiger partial charge in [0.15, 0.2) is 5.82 Å². The fourth-order valence-electron chi connectivity index (χ4n) is 1.42. The number of methoxy groups -OCH3 is 1. The second kappa shape index (κ2) is 4.38. The Hall–Kier alpha value is 0.0600. The highest BCUT2D eigenvalue weighted by molar-refractivity contribution is 14.1. The Bertz CT molecular complexity index is 419. The topological polar surface area (TPSA) is 35.0 Å². The minimum Gasteiger partial charge on any atom is -0.371 e. The van der Waals surface area contributed by atoms with Crippen LogP contribution >= 0.6 is 34.2 Å². The van der Waals surface area contributed by atoms with Crippen molar-refractivity contribution in [3.05, 3.63) is 20.2 Å².